The van der Waals surface area contributed by atoms with Crippen LogP contribution in [0.3, 0.4) is 0 Å². The number of nitrogens with one attached hydrogen (secondary N) is 1. The first kappa shape index (κ1) is 19.9. The molecule has 0 unspecified atom stereocenters. The third kappa shape index (κ3) is 4.34. The largest absolute Gasteiger partial charge is 0.506 e. The van der Waals surface area contributed by atoms with E-state index in [1.54, 1.807) is 18.2 Å². The molecule has 0 aliphatic rings. The standard InChI is InChI=1S/C19H13Br3N2O3/c1-27-18-15(21)8-13(17(25)16(18)22)9-23-24-19(26)12-3-2-11-7-14(20)5-4-10(11)6-12/h2-9,25H,1H3,(H,24,26)/b23-9+. The summed E-state index contributed by atoms with van der Waals surface area (Å²) in [7, 11) is 1.50. The highest BCUT2D eigenvalue weighted by atomic mass is 79.9. The molecule has 8 heteroatoms. The predicted octanol–water partition coefficient (Wildman–Crippen LogP) is 5.61. The number of hydrogen-bond donors (Lipinski definition) is 2. The number of aromatic hydroxyl groups is 1. The zero-order chi connectivity index (χ0) is 19.6. The van der Waals surface area contributed by atoms with Gasteiger partial charge in [0.15, 0.2) is 5.75 Å². The van der Waals surface area contributed by atoms with Crippen molar-refractivity contribution in [2.75, 3.05) is 7.11 Å². The van der Waals surface area contributed by atoms with Gasteiger partial charge in [-0.25, -0.2) is 5.43 Å². The number of amides is 1. The van der Waals surface area contributed by atoms with Gasteiger partial charge in [0.25, 0.3) is 5.91 Å². The number of halogens is 3. The number of ether oxygens (including phenoxy) is 1. The number of hydrogen-bond acceptors (Lipinski definition) is 4. The van der Waals surface area contributed by atoms with Gasteiger partial charge >= 0.3 is 0 Å². The van der Waals surface area contributed by atoms with Crippen molar-refractivity contribution >= 4 is 70.7 Å². The average Bonchev–Trinajstić information content (AvgIpc) is 2.65. The van der Waals surface area contributed by atoms with Crippen molar-refractivity contribution in [3.63, 3.8) is 0 Å². The number of carbonyl (C=O) groups is 1. The zero-order valence-corrected chi connectivity index (χ0v) is 18.7. The van der Waals surface area contributed by atoms with Crippen molar-refractivity contribution in [2.24, 2.45) is 5.10 Å². The Morgan fingerprint density at radius 3 is 2.56 bits per heavy atom. The second-order valence-electron chi connectivity index (χ2n) is 5.55. The van der Waals surface area contributed by atoms with Crippen molar-refractivity contribution in [2.45, 2.75) is 0 Å². The number of rotatable bonds is 4. The Morgan fingerprint density at radius 2 is 1.81 bits per heavy atom. The van der Waals surface area contributed by atoms with Crippen LogP contribution in [0, 0.1) is 0 Å². The van der Waals surface area contributed by atoms with E-state index >= 15 is 0 Å². The van der Waals surface area contributed by atoms with E-state index in [0.717, 1.165) is 15.2 Å². The fraction of sp³-hybridized carbons (Fsp3) is 0.0526. The van der Waals surface area contributed by atoms with Gasteiger partial charge in [-0.15, -0.1) is 0 Å². The first-order valence-corrected chi connectivity index (χ1v) is 10.1. The maximum absolute atomic E-state index is 12.3. The molecule has 0 spiro atoms. The average molecular weight is 557 g/mol. The molecule has 0 atom stereocenters. The molecule has 5 nitrogen and oxygen atoms in total. The van der Waals surface area contributed by atoms with Crippen LogP contribution in [0.2, 0.25) is 0 Å². The molecular weight excluding hydrogens is 544 g/mol. The quantitative estimate of drug-likeness (QED) is 0.324. The van der Waals surface area contributed by atoms with Crippen LogP contribution in [0.1, 0.15) is 15.9 Å². The van der Waals surface area contributed by atoms with Crippen LogP contribution in [0.5, 0.6) is 11.5 Å². The van der Waals surface area contributed by atoms with Gasteiger partial charge in [-0.2, -0.15) is 5.10 Å². The number of benzene rings is 3. The lowest BCUT2D eigenvalue weighted by Gasteiger charge is -2.09. The Morgan fingerprint density at radius 1 is 1.11 bits per heavy atom. The van der Waals surface area contributed by atoms with E-state index in [9.17, 15) is 9.90 Å². The van der Waals surface area contributed by atoms with E-state index in [1.165, 1.54) is 13.3 Å². The molecule has 0 saturated carbocycles. The third-order valence-corrected chi connectivity index (χ3v) is 5.64. The normalized spacial score (nSPS) is 11.1. The minimum Gasteiger partial charge on any atom is -0.506 e. The van der Waals surface area contributed by atoms with Crippen LogP contribution in [0.15, 0.2) is 61.0 Å². The van der Waals surface area contributed by atoms with Crippen molar-refractivity contribution in [1.82, 2.24) is 5.43 Å². The fourth-order valence-corrected chi connectivity index (χ4v) is 4.33. The van der Waals surface area contributed by atoms with Gasteiger partial charge in [-0.1, -0.05) is 28.1 Å². The van der Waals surface area contributed by atoms with E-state index < -0.39 is 0 Å². The molecule has 3 aromatic rings. The second kappa shape index (κ2) is 8.41. The Bertz CT molecular complexity index is 1070. The lowest BCUT2D eigenvalue weighted by atomic mass is 10.1. The number of nitrogens with zero attached hydrogens (tertiary/aromatic N) is 1. The van der Waals surface area contributed by atoms with Gasteiger partial charge in [0.1, 0.15) is 10.2 Å². The van der Waals surface area contributed by atoms with E-state index in [0.29, 0.717) is 25.8 Å². The second-order valence-corrected chi connectivity index (χ2v) is 8.11. The SMILES string of the molecule is COc1c(Br)cc(/C=N/NC(=O)c2ccc3cc(Br)ccc3c2)c(O)c1Br. The van der Waals surface area contributed by atoms with Crippen molar-refractivity contribution in [1.29, 1.82) is 0 Å². The molecule has 0 aromatic heterocycles. The summed E-state index contributed by atoms with van der Waals surface area (Å²) in [5, 5.41) is 16.1. The third-order valence-electron chi connectivity index (χ3n) is 3.82. The zero-order valence-electron chi connectivity index (χ0n) is 14.0. The van der Waals surface area contributed by atoms with Crippen LogP contribution in [-0.2, 0) is 0 Å². The van der Waals surface area contributed by atoms with Crippen LogP contribution < -0.4 is 10.2 Å². The van der Waals surface area contributed by atoms with E-state index in [4.69, 9.17) is 4.74 Å². The number of hydrazone groups is 1. The summed E-state index contributed by atoms with van der Waals surface area (Å²) in [6, 6.07) is 12.9. The molecule has 138 valence electrons. The molecule has 0 aliphatic carbocycles. The van der Waals surface area contributed by atoms with Crippen LogP contribution >= 0.6 is 47.8 Å². The summed E-state index contributed by atoms with van der Waals surface area (Å²) in [6.45, 7) is 0. The molecule has 0 bridgehead atoms. The summed E-state index contributed by atoms with van der Waals surface area (Å²) >= 11 is 10.1. The molecule has 3 rings (SSSR count). The van der Waals surface area contributed by atoms with Gasteiger partial charge in [-0.05, 0) is 73.0 Å². The Labute approximate surface area is 180 Å². The highest BCUT2D eigenvalue weighted by Gasteiger charge is 2.14. The lowest BCUT2D eigenvalue weighted by molar-refractivity contribution is 0.0955. The number of carbonyl (C=O) groups excluding carboxylic acids is 1. The molecule has 0 fully saturated rings. The number of phenols is 1. The van der Waals surface area contributed by atoms with Gasteiger partial charge < -0.3 is 9.84 Å². The molecule has 0 aliphatic heterocycles. The van der Waals surface area contributed by atoms with Crippen molar-refractivity contribution in [3.05, 3.63) is 67.0 Å². The molecule has 0 heterocycles. The first-order valence-electron chi connectivity index (χ1n) is 7.68. The number of fused-ring (bicyclic) bond motifs is 1. The molecule has 1 amide bonds. The fourth-order valence-electron chi connectivity index (χ4n) is 2.48. The maximum Gasteiger partial charge on any atom is 0.271 e. The van der Waals surface area contributed by atoms with Gasteiger partial charge in [0.2, 0.25) is 0 Å². The van der Waals surface area contributed by atoms with Gasteiger partial charge in [0, 0.05) is 15.6 Å². The summed E-state index contributed by atoms with van der Waals surface area (Å²) in [4.78, 5) is 12.3. The van der Waals surface area contributed by atoms with Gasteiger partial charge in [-0.3, -0.25) is 4.79 Å². The number of phenolic OH excluding ortho intramolecular Hbond substituents is 1. The van der Waals surface area contributed by atoms with E-state index in [1.807, 2.05) is 24.3 Å². The predicted molar refractivity (Wildman–Crippen MR) is 117 cm³/mol. The monoisotopic (exact) mass is 554 g/mol. The van der Waals surface area contributed by atoms with Crippen LogP contribution in [-0.4, -0.2) is 24.3 Å². The lowest BCUT2D eigenvalue weighted by Crippen LogP contribution is -2.17. The molecular formula is C19H13Br3N2O3. The highest BCUT2D eigenvalue weighted by molar-refractivity contribution is 9.11. The van der Waals surface area contributed by atoms with E-state index in [2.05, 4.69) is 58.3 Å². The van der Waals surface area contributed by atoms with Crippen molar-refractivity contribution in [3.8, 4) is 11.5 Å². The van der Waals surface area contributed by atoms with Crippen molar-refractivity contribution < 1.29 is 14.6 Å². The summed E-state index contributed by atoms with van der Waals surface area (Å²) in [5.41, 5.74) is 3.37. The molecule has 2 N–H and O–H groups in total. The molecule has 0 radical (unpaired) electrons. The molecule has 0 saturated heterocycles. The molecule has 3 aromatic carbocycles. The topological polar surface area (TPSA) is 70.9 Å². The Kier molecular flexibility index (Phi) is 6.18. The highest BCUT2D eigenvalue weighted by Crippen LogP contribution is 2.41. The van der Waals surface area contributed by atoms with Crippen LogP contribution in [0.4, 0.5) is 0 Å². The van der Waals surface area contributed by atoms with Gasteiger partial charge in [0.05, 0.1) is 17.8 Å². The smallest absolute Gasteiger partial charge is 0.271 e. The minimum atomic E-state index is -0.345. The Balaban J connectivity index is 1.78. The maximum atomic E-state index is 12.3. The molecule has 27 heavy (non-hydrogen) atoms. The summed E-state index contributed by atoms with van der Waals surface area (Å²) < 4.78 is 7.20. The summed E-state index contributed by atoms with van der Waals surface area (Å²) in [5.74, 6) is 0.0861. The first-order chi connectivity index (χ1) is 12.9. The summed E-state index contributed by atoms with van der Waals surface area (Å²) in [6.07, 6.45) is 1.36. The van der Waals surface area contributed by atoms with Crippen LogP contribution in [0.25, 0.3) is 10.8 Å². The Hall–Kier alpha value is -1.90. The number of methoxy groups -OCH3 is 1. The minimum absolute atomic E-state index is 0.0377. The van der Waals surface area contributed by atoms with E-state index in [-0.39, 0.29) is 11.7 Å².